The zero-order chi connectivity index (χ0) is 13.0. The molecule has 0 aliphatic rings. The van der Waals surface area contributed by atoms with Gasteiger partial charge in [-0.1, -0.05) is 30.3 Å². The molecule has 0 aliphatic heterocycles. The van der Waals surface area contributed by atoms with Gasteiger partial charge >= 0.3 is 0 Å². The predicted molar refractivity (Wildman–Crippen MR) is 70.9 cm³/mol. The minimum Gasteiger partial charge on any atom is -0.384 e. The van der Waals surface area contributed by atoms with Gasteiger partial charge < -0.3 is 10.4 Å². The van der Waals surface area contributed by atoms with Gasteiger partial charge in [0.2, 0.25) is 0 Å². The van der Waals surface area contributed by atoms with Crippen LogP contribution in [-0.2, 0) is 5.60 Å². The fourth-order valence-electron chi connectivity index (χ4n) is 1.74. The van der Waals surface area contributed by atoms with E-state index in [1.165, 1.54) is 12.1 Å². The minimum absolute atomic E-state index is 0.268. The van der Waals surface area contributed by atoms with Crippen LogP contribution in [0.25, 0.3) is 0 Å². The first-order valence-electron chi connectivity index (χ1n) is 5.85. The molecule has 0 bridgehead atoms. The molecule has 2 aromatic rings. The maximum Gasteiger partial charge on any atom is 0.123 e. The first-order chi connectivity index (χ1) is 8.58. The van der Waals surface area contributed by atoms with Crippen LogP contribution in [0.15, 0.2) is 54.6 Å². The second-order valence-electron chi connectivity index (χ2n) is 4.50. The maximum absolute atomic E-state index is 12.7. The molecule has 1 atom stereocenters. The van der Waals surface area contributed by atoms with Crippen LogP contribution in [0, 0.1) is 5.82 Å². The van der Waals surface area contributed by atoms with E-state index in [1.54, 1.807) is 19.1 Å². The smallest absolute Gasteiger partial charge is 0.123 e. The van der Waals surface area contributed by atoms with Gasteiger partial charge in [-0.05, 0) is 36.8 Å². The Hall–Kier alpha value is -1.87. The van der Waals surface area contributed by atoms with E-state index < -0.39 is 5.60 Å². The monoisotopic (exact) mass is 245 g/mol. The summed E-state index contributed by atoms with van der Waals surface area (Å²) >= 11 is 0. The highest BCUT2D eigenvalue weighted by molar-refractivity contribution is 5.43. The van der Waals surface area contributed by atoms with Crippen molar-refractivity contribution in [3.8, 4) is 0 Å². The van der Waals surface area contributed by atoms with Crippen LogP contribution in [0.3, 0.4) is 0 Å². The maximum atomic E-state index is 12.7. The van der Waals surface area contributed by atoms with Crippen molar-refractivity contribution in [2.45, 2.75) is 12.5 Å². The van der Waals surface area contributed by atoms with Gasteiger partial charge in [-0.3, -0.25) is 0 Å². The van der Waals surface area contributed by atoms with Crippen LogP contribution in [0.2, 0.25) is 0 Å². The highest BCUT2D eigenvalue weighted by Crippen LogP contribution is 2.21. The summed E-state index contributed by atoms with van der Waals surface area (Å²) in [5.41, 5.74) is 0.669. The van der Waals surface area contributed by atoms with Crippen LogP contribution < -0.4 is 5.32 Å². The minimum atomic E-state index is -0.963. The van der Waals surface area contributed by atoms with E-state index in [2.05, 4.69) is 5.32 Å². The summed E-state index contributed by atoms with van der Waals surface area (Å²) in [5.74, 6) is -0.268. The Morgan fingerprint density at radius 2 is 1.67 bits per heavy atom. The second kappa shape index (κ2) is 5.19. The molecule has 18 heavy (non-hydrogen) atoms. The van der Waals surface area contributed by atoms with Crippen LogP contribution >= 0.6 is 0 Å². The third-order valence-corrected chi connectivity index (χ3v) is 2.88. The van der Waals surface area contributed by atoms with Gasteiger partial charge in [0.15, 0.2) is 0 Å². The van der Waals surface area contributed by atoms with E-state index in [0.717, 1.165) is 11.3 Å². The van der Waals surface area contributed by atoms with E-state index in [1.807, 2.05) is 30.3 Å². The molecule has 2 nitrogen and oxygen atoms in total. The van der Waals surface area contributed by atoms with Crippen LogP contribution in [0.4, 0.5) is 10.1 Å². The first kappa shape index (κ1) is 12.6. The van der Waals surface area contributed by atoms with E-state index >= 15 is 0 Å². The number of hydrogen-bond acceptors (Lipinski definition) is 2. The zero-order valence-corrected chi connectivity index (χ0v) is 10.2. The van der Waals surface area contributed by atoms with E-state index in [4.69, 9.17) is 0 Å². The van der Waals surface area contributed by atoms with Crippen LogP contribution in [-0.4, -0.2) is 11.7 Å². The summed E-state index contributed by atoms with van der Waals surface area (Å²) in [4.78, 5) is 0. The van der Waals surface area contributed by atoms with Gasteiger partial charge in [0.05, 0.1) is 0 Å². The highest BCUT2D eigenvalue weighted by Gasteiger charge is 2.22. The third kappa shape index (κ3) is 3.08. The molecule has 1 unspecified atom stereocenters. The number of aliphatic hydroxyl groups is 1. The molecule has 0 spiro atoms. The second-order valence-corrected chi connectivity index (χ2v) is 4.50. The fraction of sp³-hybridized carbons (Fsp3) is 0.200. The Morgan fingerprint density at radius 1 is 1.06 bits per heavy atom. The average Bonchev–Trinajstić information content (AvgIpc) is 2.39. The van der Waals surface area contributed by atoms with Crippen molar-refractivity contribution < 1.29 is 9.50 Å². The lowest BCUT2D eigenvalue weighted by Crippen LogP contribution is -2.30. The molecule has 0 aliphatic carbocycles. The number of hydrogen-bond donors (Lipinski definition) is 2. The molecule has 0 radical (unpaired) electrons. The highest BCUT2D eigenvalue weighted by atomic mass is 19.1. The SMILES string of the molecule is CC(O)(CNc1ccc(F)cc1)c1ccccc1. The largest absolute Gasteiger partial charge is 0.384 e. The van der Waals surface area contributed by atoms with Gasteiger partial charge in [-0.2, -0.15) is 0 Å². The Labute approximate surface area is 106 Å². The van der Waals surface area contributed by atoms with Gasteiger partial charge in [0.25, 0.3) is 0 Å². The van der Waals surface area contributed by atoms with Gasteiger partial charge in [-0.25, -0.2) is 4.39 Å². The normalized spacial score (nSPS) is 13.9. The van der Waals surface area contributed by atoms with Crippen molar-refractivity contribution in [1.82, 2.24) is 0 Å². The standard InChI is InChI=1S/C15H16FNO/c1-15(18,12-5-3-2-4-6-12)11-17-14-9-7-13(16)8-10-14/h2-10,17-18H,11H2,1H3. The Bertz CT molecular complexity index is 494. The van der Waals surface area contributed by atoms with Crippen molar-refractivity contribution in [1.29, 1.82) is 0 Å². The number of benzene rings is 2. The van der Waals surface area contributed by atoms with Crippen molar-refractivity contribution in [3.05, 3.63) is 66.0 Å². The molecule has 0 heterocycles. The summed E-state index contributed by atoms with van der Waals surface area (Å²) in [6.07, 6.45) is 0. The van der Waals surface area contributed by atoms with E-state index in [-0.39, 0.29) is 5.82 Å². The Morgan fingerprint density at radius 3 is 2.28 bits per heavy atom. The number of halogens is 1. The predicted octanol–water partition coefficient (Wildman–Crippen LogP) is 3.15. The zero-order valence-electron chi connectivity index (χ0n) is 10.2. The van der Waals surface area contributed by atoms with Gasteiger partial charge in [-0.15, -0.1) is 0 Å². The number of anilines is 1. The first-order valence-corrected chi connectivity index (χ1v) is 5.85. The molecule has 3 heteroatoms. The summed E-state index contributed by atoms with van der Waals surface area (Å²) in [5, 5.41) is 13.5. The van der Waals surface area contributed by atoms with Crippen LogP contribution in [0.5, 0.6) is 0 Å². The lowest BCUT2D eigenvalue weighted by atomic mass is 9.96. The molecular weight excluding hydrogens is 229 g/mol. The molecule has 0 aromatic heterocycles. The fourth-order valence-corrected chi connectivity index (χ4v) is 1.74. The summed E-state index contributed by atoms with van der Waals surface area (Å²) in [6.45, 7) is 2.11. The summed E-state index contributed by atoms with van der Waals surface area (Å²) in [6, 6.07) is 15.5. The molecule has 0 fully saturated rings. The molecule has 0 amide bonds. The molecule has 94 valence electrons. The van der Waals surface area contributed by atoms with Gasteiger partial charge in [0.1, 0.15) is 11.4 Å². The van der Waals surface area contributed by atoms with Crippen molar-refractivity contribution in [3.63, 3.8) is 0 Å². The Balaban J connectivity index is 2.03. The quantitative estimate of drug-likeness (QED) is 0.867. The lowest BCUT2D eigenvalue weighted by Gasteiger charge is -2.24. The molecule has 2 aromatic carbocycles. The third-order valence-electron chi connectivity index (χ3n) is 2.88. The number of rotatable bonds is 4. The lowest BCUT2D eigenvalue weighted by molar-refractivity contribution is 0.0715. The van der Waals surface area contributed by atoms with Crippen molar-refractivity contribution >= 4 is 5.69 Å². The molecular formula is C15H16FNO. The molecule has 0 saturated heterocycles. The van der Waals surface area contributed by atoms with Crippen molar-refractivity contribution in [2.75, 3.05) is 11.9 Å². The average molecular weight is 245 g/mol. The van der Waals surface area contributed by atoms with Crippen LogP contribution in [0.1, 0.15) is 12.5 Å². The topological polar surface area (TPSA) is 32.3 Å². The number of nitrogens with one attached hydrogen (secondary N) is 1. The summed E-state index contributed by atoms with van der Waals surface area (Å²) in [7, 11) is 0. The molecule has 2 N–H and O–H groups in total. The Kier molecular flexibility index (Phi) is 3.63. The van der Waals surface area contributed by atoms with Crippen molar-refractivity contribution in [2.24, 2.45) is 0 Å². The van der Waals surface area contributed by atoms with Gasteiger partial charge in [0, 0.05) is 12.2 Å². The summed E-state index contributed by atoms with van der Waals surface area (Å²) < 4.78 is 12.7. The van der Waals surface area contributed by atoms with E-state index in [0.29, 0.717) is 6.54 Å². The molecule has 0 saturated carbocycles. The molecule has 2 rings (SSSR count). The van der Waals surface area contributed by atoms with E-state index in [9.17, 15) is 9.50 Å².